The fourth-order valence-corrected chi connectivity index (χ4v) is 3.99. The molecule has 1 aliphatic heterocycles. The lowest BCUT2D eigenvalue weighted by Gasteiger charge is -2.21. The average Bonchev–Trinajstić information content (AvgIpc) is 2.81. The van der Waals surface area contributed by atoms with Gasteiger partial charge in [-0.1, -0.05) is 18.2 Å². The maximum atomic E-state index is 12.7. The maximum Gasteiger partial charge on any atom is 0.265 e. The van der Waals surface area contributed by atoms with E-state index in [1.165, 1.54) is 11.2 Å². The molecule has 0 saturated heterocycles. The van der Waals surface area contributed by atoms with E-state index in [4.69, 9.17) is 4.74 Å². The highest BCUT2D eigenvalue weighted by Gasteiger charge is 2.31. The number of nitrogens with one attached hydrogen (secondary N) is 1. The molecule has 0 aliphatic carbocycles. The number of fused-ring (bicyclic) bond motifs is 1. The summed E-state index contributed by atoms with van der Waals surface area (Å²) >= 11 is 0. The number of amides is 1. The van der Waals surface area contributed by atoms with Gasteiger partial charge in [0.2, 0.25) is 10.0 Å². The topological polar surface area (TPSA) is 92.8 Å². The number of Topliss-reactive ketones (excluding diaryl/α,β-unsaturated/α-hetero) is 1. The largest absolute Gasteiger partial charge is 0.478 e. The van der Waals surface area contributed by atoms with Crippen molar-refractivity contribution in [3.05, 3.63) is 53.6 Å². The van der Waals surface area contributed by atoms with Crippen molar-refractivity contribution in [1.82, 2.24) is 0 Å². The molecule has 148 valence electrons. The second-order valence-electron chi connectivity index (χ2n) is 6.83. The lowest BCUT2D eigenvalue weighted by Crippen LogP contribution is -2.36. The van der Waals surface area contributed by atoms with Crippen LogP contribution in [0.2, 0.25) is 0 Å². The standard InChI is InChI=1S/C20H22N2O5S/c1-13-7-8-18-17(11-13)22(28(3,25)26)10-9-19(27-18)20(24)21-16-6-4-5-15(12-16)14(2)23/h4-8,11-12,19H,9-10H2,1-3H3,(H,21,24). The van der Waals surface area contributed by atoms with Crippen LogP contribution in [0.3, 0.4) is 0 Å². The maximum absolute atomic E-state index is 12.7. The fourth-order valence-electron chi connectivity index (χ4n) is 3.06. The summed E-state index contributed by atoms with van der Waals surface area (Å²) in [6.07, 6.45) is 0.459. The van der Waals surface area contributed by atoms with Crippen LogP contribution in [-0.2, 0) is 14.8 Å². The minimum absolute atomic E-state index is 0.102. The molecular weight excluding hydrogens is 380 g/mol. The number of ether oxygens (including phenoxy) is 1. The molecule has 1 aliphatic rings. The molecule has 1 heterocycles. The fraction of sp³-hybridized carbons (Fsp3) is 0.300. The molecule has 0 fully saturated rings. The number of aryl methyl sites for hydroxylation is 1. The smallest absolute Gasteiger partial charge is 0.265 e. The summed E-state index contributed by atoms with van der Waals surface area (Å²) in [5, 5.41) is 2.75. The molecule has 3 rings (SSSR count). The third kappa shape index (κ3) is 4.33. The van der Waals surface area contributed by atoms with Crippen molar-refractivity contribution in [2.45, 2.75) is 26.4 Å². The van der Waals surface area contributed by atoms with Gasteiger partial charge in [-0.05, 0) is 43.7 Å². The van der Waals surface area contributed by atoms with Gasteiger partial charge >= 0.3 is 0 Å². The summed E-state index contributed by atoms with van der Waals surface area (Å²) in [7, 11) is -3.52. The Bertz CT molecular complexity index is 1030. The monoisotopic (exact) mass is 402 g/mol. The molecule has 2 aromatic rings. The Hall–Kier alpha value is -2.87. The van der Waals surface area contributed by atoms with Crippen molar-refractivity contribution in [1.29, 1.82) is 0 Å². The summed E-state index contributed by atoms with van der Waals surface area (Å²) in [6.45, 7) is 3.44. The van der Waals surface area contributed by atoms with Crippen LogP contribution >= 0.6 is 0 Å². The predicted molar refractivity (Wildman–Crippen MR) is 107 cm³/mol. The van der Waals surface area contributed by atoms with Crippen LogP contribution in [0.1, 0.15) is 29.3 Å². The third-order valence-electron chi connectivity index (χ3n) is 4.48. The van der Waals surface area contributed by atoms with Gasteiger partial charge in [0, 0.05) is 24.2 Å². The average molecular weight is 402 g/mol. The second kappa shape index (κ2) is 7.63. The number of hydrogen-bond donors (Lipinski definition) is 1. The molecular formula is C20H22N2O5S. The molecule has 0 spiro atoms. The highest BCUT2D eigenvalue weighted by Crippen LogP contribution is 2.35. The number of sulfonamides is 1. The third-order valence-corrected chi connectivity index (χ3v) is 5.66. The number of carbonyl (C=O) groups excluding carboxylic acids is 2. The Morgan fingerprint density at radius 3 is 2.61 bits per heavy atom. The van der Waals surface area contributed by atoms with Crippen molar-refractivity contribution in [2.75, 3.05) is 22.4 Å². The Labute approximate surface area is 164 Å². The molecule has 1 unspecified atom stereocenters. The number of ketones is 1. The highest BCUT2D eigenvalue weighted by molar-refractivity contribution is 7.92. The van der Waals surface area contributed by atoms with Gasteiger partial charge in [0.15, 0.2) is 11.9 Å². The van der Waals surface area contributed by atoms with E-state index in [2.05, 4.69) is 5.32 Å². The van der Waals surface area contributed by atoms with E-state index >= 15 is 0 Å². The van der Waals surface area contributed by atoms with Gasteiger partial charge in [0.05, 0.1) is 11.9 Å². The zero-order valence-corrected chi connectivity index (χ0v) is 16.7. The van der Waals surface area contributed by atoms with Crippen molar-refractivity contribution >= 4 is 33.1 Å². The molecule has 28 heavy (non-hydrogen) atoms. The van der Waals surface area contributed by atoms with Crippen LogP contribution in [-0.4, -0.2) is 39.0 Å². The van der Waals surface area contributed by atoms with Crippen molar-refractivity contribution in [2.24, 2.45) is 0 Å². The van der Waals surface area contributed by atoms with Crippen LogP contribution < -0.4 is 14.4 Å². The molecule has 8 heteroatoms. The SMILES string of the molecule is CC(=O)c1cccc(NC(=O)C2CCN(S(C)(=O)=O)c3cc(C)ccc3O2)c1. The van der Waals surface area contributed by atoms with Crippen LogP contribution in [0.15, 0.2) is 42.5 Å². The molecule has 0 bridgehead atoms. The Kier molecular flexibility index (Phi) is 5.42. The van der Waals surface area contributed by atoms with Crippen molar-refractivity contribution in [3.8, 4) is 5.75 Å². The van der Waals surface area contributed by atoms with Gasteiger partial charge in [0.25, 0.3) is 5.91 Å². The zero-order chi connectivity index (χ0) is 20.5. The van der Waals surface area contributed by atoms with Gasteiger partial charge < -0.3 is 10.1 Å². The lowest BCUT2D eigenvalue weighted by atomic mass is 10.1. The first-order valence-corrected chi connectivity index (χ1v) is 10.7. The summed E-state index contributed by atoms with van der Waals surface area (Å²) in [6, 6.07) is 11.8. The molecule has 0 saturated carbocycles. The van der Waals surface area contributed by atoms with E-state index in [0.717, 1.165) is 11.8 Å². The quantitative estimate of drug-likeness (QED) is 0.794. The zero-order valence-electron chi connectivity index (χ0n) is 15.9. The van der Waals surface area contributed by atoms with Gasteiger partial charge in [-0.25, -0.2) is 8.42 Å². The number of rotatable bonds is 4. The van der Waals surface area contributed by atoms with E-state index in [-0.39, 0.29) is 18.7 Å². The first kappa shape index (κ1) is 19.9. The highest BCUT2D eigenvalue weighted by atomic mass is 32.2. The van der Waals surface area contributed by atoms with E-state index < -0.39 is 22.0 Å². The minimum atomic E-state index is -3.52. The Morgan fingerprint density at radius 2 is 1.93 bits per heavy atom. The molecule has 2 aromatic carbocycles. The van der Waals surface area contributed by atoms with E-state index in [9.17, 15) is 18.0 Å². The second-order valence-corrected chi connectivity index (χ2v) is 8.73. The number of benzene rings is 2. The van der Waals surface area contributed by atoms with Crippen LogP contribution in [0.4, 0.5) is 11.4 Å². The van der Waals surface area contributed by atoms with Crippen LogP contribution in [0, 0.1) is 6.92 Å². The number of carbonyl (C=O) groups is 2. The lowest BCUT2D eigenvalue weighted by molar-refractivity contribution is -0.122. The first-order valence-electron chi connectivity index (χ1n) is 8.82. The van der Waals surface area contributed by atoms with Crippen molar-refractivity contribution < 1.29 is 22.7 Å². The predicted octanol–water partition coefficient (Wildman–Crippen LogP) is 2.75. The normalized spacial score (nSPS) is 16.5. The molecule has 0 radical (unpaired) electrons. The summed E-state index contributed by atoms with van der Waals surface area (Å²) in [5.74, 6) is -0.163. The first-order chi connectivity index (χ1) is 13.1. The van der Waals surface area contributed by atoms with E-state index in [1.807, 2.05) is 6.92 Å². The molecule has 7 nitrogen and oxygen atoms in total. The summed E-state index contributed by atoms with van der Waals surface area (Å²) in [4.78, 5) is 24.3. The van der Waals surface area contributed by atoms with E-state index in [1.54, 1.807) is 42.5 Å². The van der Waals surface area contributed by atoms with Crippen LogP contribution in [0.5, 0.6) is 5.75 Å². The van der Waals surface area contributed by atoms with Crippen LogP contribution in [0.25, 0.3) is 0 Å². The summed E-state index contributed by atoms with van der Waals surface area (Å²) < 4.78 is 31.6. The minimum Gasteiger partial charge on any atom is -0.478 e. The van der Waals surface area contributed by atoms with Gasteiger partial charge in [0.1, 0.15) is 5.75 Å². The van der Waals surface area contributed by atoms with Gasteiger partial charge in [-0.15, -0.1) is 0 Å². The molecule has 1 amide bonds. The Morgan fingerprint density at radius 1 is 1.18 bits per heavy atom. The summed E-state index contributed by atoms with van der Waals surface area (Å²) in [5.41, 5.74) is 2.29. The van der Waals surface area contributed by atoms with Gasteiger partial charge in [-0.2, -0.15) is 0 Å². The molecule has 0 aromatic heterocycles. The van der Waals surface area contributed by atoms with Crippen molar-refractivity contribution in [3.63, 3.8) is 0 Å². The van der Waals surface area contributed by atoms with E-state index in [0.29, 0.717) is 22.7 Å². The number of nitrogens with zero attached hydrogens (tertiary/aromatic N) is 1. The Balaban J connectivity index is 1.86. The number of anilines is 2. The molecule has 1 N–H and O–H groups in total. The molecule has 1 atom stereocenters. The van der Waals surface area contributed by atoms with Gasteiger partial charge in [-0.3, -0.25) is 13.9 Å². The number of hydrogen-bond acceptors (Lipinski definition) is 5.